The largest absolute Gasteiger partial charge is 0.367 e. The van der Waals surface area contributed by atoms with Gasteiger partial charge in [0, 0.05) is 5.41 Å². The minimum Gasteiger partial charge on any atom is -0.367 e. The van der Waals surface area contributed by atoms with Gasteiger partial charge in [0.05, 0.1) is 16.7 Å². The molecule has 3 nitrogen and oxygen atoms in total. The Morgan fingerprint density at radius 2 is 1.36 bits per heavy atom. The second kappa shape index (κ2) is 7.58. The summed E-state index contributed by atoms with van der Waals surface area (Å²) in [7, 11) is 0. The number of amides is 1. The molecule has 0 saturated carbocycles. The molecule has 0 aliphatic rings. The molecule has 1 unspecified atom stereocenters. The second-order valence-electron chi connectivity index (χ2n) is 11.0. The fraction of sp³-hybridized carbons (Fsp3) is 0.955. The van der Waals surface area contributed by atoms with Gasteiger partial charge < -0.3 is 10.1 Å². The van der Waals surface area contributed by atoms with E-state index in [1.165, 1.54) is 12.8 Å². The first-order chi connectivity index (χ1) is 10.8. The monoisotopic (exact) mass is 355 g/mol. The highest BCUT2D eigenvalue weighted by Crippen LogP contribution is 2.43. The predicted octanol–water partition coefficient (Wildman–Crippen LogP) is 5.96. The second-order valence-corrected chi connectivity index (χ2v) is 11.0. The van der Waals surface area contributed by atoms with Crippen molar-refractivity contribution in [2.45, 2.75) is 120 Å². The maximum absolute atomic E-state index is 12.5. The van der Waals surface area contributed by atoms with Crippen molar-refractivity contribution in [3.63, 3.8) is 0 Å². The van der Waals surface area contributed by atoms with E-state index in [9.17, 15) is 4.79 Å². The minimum atomic E-state index is -0.506. The van der Waals surface area contributed by atoms with Crippen LogP contribution in [0.25, 0.3) is 0 Å². The third-order valence-electron chi connectivity index (χ3n) is 6.24. The molecule has 0 aromatic heterocycles. The summed E-state index contributed by atoms with van der Waals surface area (Å²) in [6.07, 6.45) is 2.34. The van der Waals surface area contributed by atoms with E-state index in [2.05, 4.69) is 74.6 Å². The Hall–Kier alpha value is -0.570. The molecule has 150 valence electrons. The molecule has 0 aliphatic carbocycles. The molecule has 0 bridgehead atoms. The summed E-state index contributed by atoms with van der Waals surface area (Å²) in [5.74, 6) is 0.430. The molecule has 25 heavy (non-hydrogen) atoms. The fourth-order valence-electron chi connectivity index (χ4n) is 3.30. The van der Waals surface area contributed by atoms with Crippen LogP contribution in [-0.2, 0) is 9.53 Å². The van der Waals surface area contributed by atoms with Gasteiger partial charge >= 0.3 is 0 Å². The Labute approximate surface area is 157 Å². The van der Waals surface area contributed by atoms with E-state index in [0.29, 0.717) is 5.92 Å². The fourth-order valence-corrected chi connectivity index (χ4v) is 3.30. The van der Waals surface area contributed by atoms with Gasteiger partial charge in [0.25, 0.3) is 0 Å². The van der Waals surface area contributed by atoms with Crippen LogP contribution >= 0.6 is 0 Å². The van der Waals surface area contributed by atoms with Gasteiger partial charge in [-0.1, -0.05) is 54.9 Å². The molecule has 1 atom stereocenters. The van der Waals surface area contributed by atoms with Crippen LogP contribution < -0.4 is 5.32 Å². The van der Waals surface area contributed by atoms with Crippen molar-refractivity contribution in [1.82, 2.24) is 5.32 Å². The molecule has 1 amide bonds. The molecule has 0 aromatic rings. The lowest BCUT2D eigenvalue weighted by molar-refractivity contribution is -0.194. The predicted molar refractivity (Wildman–Crippen MR) is 109 cm³/mol. The average Bonchev–Trinajstić information content (AvgIpc) is 2.34. The summed E-state index contributed by atoms with van der Waals surface area (Å²) in [5.41, 5.74) is -1.50. The van der Waals surface area contributed by atoms with E-state index in [0.717, 1.165) is 0 Å². The normalized spacial score (nSPS) is 15.9. The lowest BCUT2D eigenvalue weighted by Gasteiger charge is -2.51. The lowest BCUT2D eigenvalue weighted by atomic mass is 9.69. The third kappa shape index (κ3) is 6.27. The smallest absolute Gasteiger partial charge is 0.225 e. The molecule has 0 radical (unpaired) electrons. The Morgan fingerprint density at radius 1 is 0.920 bits per heavy atom. The highest BCUT2D eigenvalue weighted by Gasteiger charge is 2.47. The number of carbonyl (C=O) groups excluding carboxylic acids is 1. The van der Waals surface area contributed by atoms with Gasteiger partial charge in [0.2, 0.25) is 5.91 Å². The topological polar surface area (TPSA) is 38.3 Å². The quantitative estimate of drug-likeness (QED) is 0.583. The van der Waals surface area contributed by atoms with E-state index >= 15 is 0 Å². The maximum atomic E-state index is 12.5. The molecular formula is C22H45NO2. The number of ether oxygens (including phenoxy) is 1. The van der Waals surface area contributed by atoms with Crippen molar-refractivity contribution in [2.24, 2.45) is 16.7 Å². The third-order valence-corrected chi connectivity index (χ3v) is 6.24. The van der Waals surface area contributed by atoms with Gasteiger partial charge in [-0.15, -0.1) is 0 Å². The van der Waals surface area contributed by atoms with Crippen molar-refractivity contribution in [2.75, 3.05) is 0 Å². The van der Waals surface area contributed by atoms with Crippen molar-refractivity contribution in [3.8, 4) is 0 Å². The Kier molecular flexibility index (Phi) is 7.41. The Balaban J connectivity index is 5.42. The van der Waals surface area contributed by atoms with Gasteiger partial charge in [-0.2, -0.15) is 0 Å². The van der Waals surface area contributed by atoms with Crippen LogP contribution in [0.2, 0.25) is 0 Å². The highest BCUT2D eigenvalue weighted by atomic mass is 16.5. The maximum Gasteiger partial charge on any atom is 0.225 e. The van der Waals surface area contributed by atoms with Crippen molar-refractivity contribution in [3.05, 3.63) is 0 Å². The summed E-state index contributed by atoms with van der Waals surface area (Å²) in [6, 6.07) is 0. The summed E-state index contributed by atoms with van der Waals surface area (Å²) in [4.78, 5) is 12.5. The van der Waals surface area contributed by atoms with Crippen molar-refractivity contribution in [1.29, 1.82) is 0 Å². The minimum absolute atomic E-state index is 0.0475. The zero-order chi connectivity index (χ0) is 20.5. The summed E-state index contributed by atoms with van der Waals surface area (Å²) < 4.78 is 6.68. The molecule has 0 aliphatic heterocycles. The van der Waals surface area contributed by atoms with Crippen LogP contribution in [0.1, 0.15) is 103 Å². The first kappa shape index (κ1) is 24.4. The van der Waals surface area contributed by atoms with Crippen LogP contribution in [0.3, 0.4) is 0 Å². The van der Waals surface area contributed by atoms with Crippen LogP contribution in [0.15, 0.2) is 0 Å². The van der Waals surface area contributed by atoms with Gasteiger partial charge in [-0.3, -0.25) is 4.79 Å². The zero-order valence-corrected chi connectivity index (χ0v) is 19.3. The van der Waals surface area contributed by atoms with E-state index in [1.54, 1.807) is 0 Å². The van der Waals surface area contributed by atoms with Crippen LogP contribution in [0, 0.1) is 16.7 Å². The van der Waals surface area contributed by atoms with Crippen molar-refractivity contribution >= 4 is 5.91 Å². The van der Waals surface area contributed by atoms with Gasteiger partial charge in [-0.25, -0.2) is 0 Å². The van der Waals surface area contributed by atoms with Gasteiger partial charge in [0.15, 0.2) is 0 Å². The molecule has 0 aromatic carbocycles. The molecule has 0 rings (SSSR count). The number of carbonyl (C=O) groups is 1. The number of nitrogens with one attached hydrogen (secondary N) is 1. The van der Waals surface area contributed by atoms with Gasteiger partial charge in [-0.05, 0) is 59.3 Å². The molecule has 0 spiro atoms. The summed E-state index contributed by atoms with van der Waals surface area (Å²) in [5, 5.41) is 3.20. The first-order valence-electron chi connectivity index (χ1n) is 9.83. The van der Waals surface area contributed by atoms with E-state index in [1.807, 2.05) is 20.8 Å². The standard InChI is InChI=1S/C22H45NO2/c1-14-15-19(6,7)16(2)20(8,9)25-22(12,13)21(10,11)23-17(24)18(3,4)5/h16H,14-15H2,1-13H3,(H,23,24). The van der Waals surface area contributed by atoms with E-state index < -0.39 is 16.6 Å². The zero-order valence-electron chi connectivity index (χ0n) is 19.3. The van der Waals surface area contributed by atoms with Crippen LogP contribution in [0.5, 0.6) is 0 Å². The van der Waals surface area contributed by atoms with E-state index in [-0.39, 0.29) is 16.9 Å². The van der Waals surface area contributed by atoms with Gasteiger partial charge in [0.1, 0.15) is 0 Å². The molecular weight excluding hydrogens is 310 g/mol. The average molecular weight is 356 g/mol. The molecule has 0 saturated heterocycles. The summed E-state index contributed by atoms with van der Waals surface area (Å²) in [6.45, 7) is 27.6. The summed E-state index contributed by atoms with van der Waals surface area (Å²) >= 11 is 0. The molecule has 1 N–H and O–H groups in total. The number of hydrogen-bond acceptors (Lipinski definition) is 2. The van der Waals surface area contributed by atoms with Crippen molar-refractivity contribution < 1.29 is 9.53 Å². The highest BCUT2D eigenvalue weighted by molar-refractivity contribution is 5.82. The first-order valence-corrected chi connectivity index (χ1v) is 9.83. The Morgan fingerprint density at radius 3 is 1.72 bits per heavy atom. The lowest BCUT2D eigenvalue weighted by Crippen LogP contribution is -2.63. The molecule has 3 heteroatoms. The van der Waals surface area contributed by atoms with E-state index in [4.69, 9.17) is 4.74 Å². The Bertz CT molecular complexity index is 453. The number of hydrogen-bond donors (Lipinski definition) is 1. The van der Waals surface area contributed by atoms with Crippen LogP contribution in [-0.4, -0.2) is 22.6 Å². The number of rotatable bonds is 8. The van der Waals surface area contributed by atoms with Crippen LogP contribution in [0.4, 0.5) is 0 Å². The molecule has 0 fully saturated rings. The molecule has 0 heterocycles. The SMILES string of the molecule is CCCC(C)(C)C(C)C(C)(C)OC(C)(C)C(C)(C)NC(=O)C(C)(C)C.